The maximum atomic E-state index is 4.84. The lowest BCUT2D eigenvalue weighted by Gasteiger charge is -2.23. The molecule has 0 saturated heterocycles. The zero-order chi connectivity index (χ0) is 17.5. The molecule has 0 aliphatic heterocycles. The van der Waals surface area contributed by atoms with E-state index in [0.29, 0.717) is 12.6 Å². The molecule has 2 N–H and O–H groups in total. The molecule has 1 aliphatic carbocycles. The Morgan fingerprint density at radius 2 is 2.24 bits per heavy atom. The molecule has 25 heavy (non-hydrogen) atoms. The van der Waals surface area contributed by atoms with Crippen molar-refractivity contribution in [2.24, 2.45) is 12.0 Å². The van der Waals surface area contributed by atoms with Gasteiger partial charge in [0.05, 0.1) is 18.8 Å². The molecule has 0 bridgehead atoms. The van der Waals surface area contributed by atoms with Gasteiger partial charge in [0.25, 0.3) is 0 Å². The molecule has 0 aromatic carbocycles. The third-order valence-corrected chi connectivity index (χ3v) is 5.65. The Kier molecular flexibility index (Phi) is 10.2. The van der Waals surface area contributed by atoms with Gasteiger partial charge in [-0.25, -0.2) is 0 Å². The highest BCUT2D eigenvalue weighted by atomic mass is 127. The van der Waals surface area contributed by atoms with Crippen molar-refractivity contribution in [3.63, 3.8) is 0 Å². The molecule has 3 atom stereocenters. The number of aromatic nitrogens is 2. The first-order valence-electron chi connectivity index (χ1n) is 8.76. The molecule has 1 heterocycles. The van der Waals surface area contributed by atoms with Crippen molar-refractivity contribution in [1.82, 2.24) is 25.3 Å². The Labute approximate surface area is 173 Å². The molecular weight excluding hydrogens is 447 g/mol. The minimum Gasteiger partial charge on any atom is -0.357 e. The zero-order valence-corrected chi connectivity index (χ0v) is 19.2. The van der Waals surface area contributed by atoms with Crippen LogP contribution in [0.4, 0.5) is 0 Å². The fourth-order valence-electron chi connectivity index (χ4n) is 3.16. The standard InChI is InChI=1S/C17H32N6S.HI/c1-6-18-17(21-14-7-8-15(9-14)24-5)19-11-16(22(2)3)13-10-20-23(4)12-13;/h10,12,14-16H,6-9,11H2,1-5H3,(H2,18,19,21);1H. The minimum absolute atomic E-state index is 0. The highest BCUT2D eigenvalue weighted by Crippen LogP contribution is 2.28. The molecular formula is C17H33IN6S. The van der Waals surface area contributed by atoms with Gasteiger partial charge in [-0.2, -0.15) is 16.9 Å². The third-order valence-electron chi connectivity index (χ3n) is 4.56. The van der Waals surface area contributed by atoms with Gasteiger partial charge in [-0.3, -0.25) is 9.67 Å². The molecule has 1 aromatic heterocycles. The van der Waals surface area contributed by atoms with Crippen molar-refractivity contribution in [3.8, 4) is 0 Å². The van der Waals surface area contributed by atoms with Crippen molar-refractivity contribution in [1.29, 1.82) is 0 Å². The topological polar surface area (TPSA) is 57.5 Å². The molecule has 2 rings (SSSR count). The van der Waals surface area contributed by atoms with E-state index in [9.17, 15) is 0 Å². The Hall–Kier alpha value is -0.480. The summed E-state index contributed by atoms with van der Waals surface area (Å²) in [6.07, 6.45) is 9.97. The van der Waals surface area contributed by atoms with Crippen LogP contribution in [-0.2, 0) is 7.05 Å². The summed E-state index contributed by atoms with van der Waals surface area (Å²) in [6.45, 7) is 3.71. The first-order valence-corrected chi connectivity index (χ1v) is 10.0. The second-order valence-electron chi connectivity index (χ2n) is 6.66. The molecule has 1 fully saturated rings. The average molecular weight is 480 g/mol. The Morgan fingerprint density at radius 1 is 1.48 bits per heavy atom. The number of rotatable bonds is 7. The fraction of sp³-hybridized carbons (Fsp3) is 0.765. The predicted octanol–water partition coefficient (Wildman–Crippen LogP) is 2.48. The SMILES string of the molecule is CCNC(=NCC(c1cnn(C)c1)N(C)C)NC1CCC(SC)C1.I. The van der Waals surface area contributed by atoms with Crippen LogP contribution in [0, 0.1) is 0 Å². The number of nitrogens with one attached hydrogen (secondary N) is 2. The highest BCUT2D eigenvalue weighted by Gasteiger charge is 2.24. The van der Waals surface area contributed by atoms with E-state index < -0.39 is 0 Å². The number of likely N-dealkylation sites (N-methyl/N-ethyl adjacent to an activating group) is 1. The van der Waals surface area contributed by atoms with Crippen LogP contribution >= 0.6 is 35.7 Å². The molecule has 3 unspecified atom stereocenters. The zero-order valence-electron chi connectivity index (χ0n) is 16.0. The van der Waals surface area contributed by atoms with E-state index in [0.717, 1.165) is 17.8 Å². The minimum atomic E-state index is 0. The van der Waals surface area contributed by atoms with Crippen LogP contribution in [0.15, 0.2) is 17.4 Å². The van der Waals surface area contributed by atoms with Crippen LogP contribution in [0.2, 0.25) is 0 Å². The van der Waals surface area contributed by atoms with Gasteiger partial charge in [-0.05, 0) is 46.5 Å². The number of aliphatic imine (C=N–C) groups is 1. The van der Waals surface area contributed by atoms with Crippen molar-refractivity contribution in [3.05, 3.63) is 18.0 Å². The number of thioether (sulfide) groups is 1. The van der Waals surface area contributed by atoms with Crippen LogP contribution in [0.25, 0.3) is 0 Å². The second kappa shape index (κ2) is 11.3. The van der Waals surface area contributed by atoms with E-state index in [1.165, 1.54) is 24.8 Å². The summed E-state index contributed by atoms with van der Waals surface area (Å²) in [5.74, 6) is 0.931. The Balaban J connectivity index is 0.00000312. The Bertz CT molecular complexity index is 533. The quantitative estimate of drug-likeness (QED) is 0.357. The number of nitrogens with zero attached hydrogens (tertiary/aromatic N) is 4. The lowest BCUT2D eigenvalue weighted by Crippen LogP contribution is -2.43. The molecule has 0 spiro atoms. The van der Waals surface area contributed by atoms with Crippen LogP contribution in [0.3, 0.4) is 0 Å². The largest absolute Gasteiger partial charge is 0.357 e. The van der Waals surface area contributed by atoms with Crippen molar-refractivity contribution in [2.45, 2.75) is 43.5 Å². The number of hydrogen-bond acceptors (Lipinski definition) is 4. The molecule has 144 valence electrons. The van der Waals surface area contributed by atoms with Crippen molar-refractivity contribution in [2.75, 3.05) is 33.4 Å². The van der Waals surface area contributed by atoms with Crippen molar-refractivity contribution < 1.29 is 0 Å². The van der Waals surface area contributed by atoms with Gasteiger partial charge in [0.1, 0.15) is 0 Å². The van der Waals surface area contributed by atoms with Gasteiger partial charge >= 0.3 is 0 Å². The van der Waals surface area contributed by atoms with Crippen molar-refractivity contribution >= 4 is 41.7 Å². The summed E-state index contributed by atoms with van der Waals surface area (Å²) in [4.78, 5) is 7.04. The summed E-state index contributed by atoms with van der Waals surface area (Å²) in [7, 11) is 6.13. The summed E-state index contributed by atoms with van der Waals surface area (Å²) < 4.78 is 1.85. The number of halogens is 1. The average Bonchev–Trinajstić information content (AvgIpc) is 3.16. The summed E-state index contributed by atoms with van der Waals surface area (Å²) in [5.41, 5.74) is 1.20. The number of hydrogen-bond donors (Lipinski definition) is 2. The first-order chi connectivity index (χ1) is 11.5. The van der Waals surface area contributed by atoms with Gasteiger partial charge in [0.15, 0.2) is 5.96 Å². The van der Waals surface area contributed by atoms with E-state index in [4.69, 9.17) is 4.99 Å². The Morgan fingerprint density at radius 3 is 2.76 bits per heavy atom. The number of guanidine groups is 1. The lowest BCUT2D eigenvalue weighted by atomic mass is 10.1. The van der Waals surface area contributed by atoms with Crippen LogP contribution in [-0.4, -0.2) is 65.4 Å². The highest BCUT2D eigenvalue weighted by molar-refractivity contribution is 14.0. The maximum Gasteiger partial charge on any atom is 0.191 e. The molecule has 8 heteroatoms. The van der Waals surface area contributed by atoms with Gasteiger partial charge in [-0.1, -0.05) is 0 Å². The molecule has 1 aliphatic rings. The molecule has 0 amide bonds. The van der Waals surface area contributed by atoms with Gasteiger partial charge in [-0.15, -0.1) is 24.0 Å². The van der Waals surface area contributed by atoms with Gasteiger partial charge in [0.2, 0.25) is 0 Å². The van der Waals surface area contributed by atoms with Crippen LogP contribution in [0.5, 0.6) is 0 Å². The first kappa shape index (κ1) is 22.6. The monoisotopic (exact) mass is 480 g/mol. The lowest BCUT2D eigenvalue weighted by molar-refractivity contribution is 0.306. The van der Waals surface area contributed by atoms with E-state index in [-0.39, 0.29) is 30.0 Å². The smallest absolute Gasteiger partial charge is 0.191 e. The summed E-state index contributed by atoms with van der Waals surface area (Å²) in [5, 5.41) is 12.1. The third kappa shape index (κ3) is 6.97. The van der Waals surface area contributed by atoms with E-state index >= 15 is 0 Å². The van der Waals surface area contributed by atoms with E-state index in [1.807, 2.05) is 29.7 Å². The fourth-order valence-corrected chi connectivity index (χ4v) is 3.95. The number of aryl methyl sites for hydroxylation is 1. The molecule has 6 nitrogen and oxygen atoms in total. The maximum absolute atomic E-state index is 4.84. The van der Waals surface area contributed by atoms with Crippen LogP contribution in [0.1, 0.15) is 37.8 Å². The van der Waals surface area contributed by atoms with Gasteiger partial charge < -0.3 is 15.5 Å². The predicted molar refractivity (Wildman–Crippen MR) is 119 cm³/mol. The van der Waals surface area contributed by atoms with Crippen LogP contribution < -0.4 is 10.6 Å². The normalized spacial score (nSPS) is 21.9. The molecule has 1 aromatic rings. The molecule has 0 radical (unpaired) electrons. The summed E-state index contributed by atoms with van der Waals surface area (Å²) >= 11 is 1.98. The molecule has 1 saturated carbocycles. The van der Waals surface area contributed by atoms with Gasteiger partial charge in [0, 0.05) is 36.6 Å². The summed E-state index contributed by atoms with van der Waals surface area (Å²) in [6, 6.07) is 0.771. The second-order valence-corrected chi connectivity index (χ2v) is 7.80. The van der Waals surface area contributed by atoms with E-state index in [2.05, 4.69) is 54.1 Å². The van der Waals surface area contributed by atoms with E-state index in [1.54, 1.807) is 0 Å².